The van der Waals surface area contributed by atoms with Crippen LogP contribution in [0.3, 0.4) is 0 Å². The Balaban J connectivity index is 2.48. The first-order chi connectivity index (χ1) is 7.69. The van der Waals surface area contributed by atoms with Crippen LogP contribution in [-0.4, -0.2) is 24.1 Å². The normalized spacial score (nSPS) is 12.6. The van der Waals surface area contributed by atoms with E-state index in [1.807, 2.05) is 17.7 Å². The fourth-order valence-electron chi connectivity index (χ4n) is 1.58. The number of ether oxygens (including phenoxy) is 1. The fourth-order valence-corrected chi connectivity index (χ4v) is 1.84. The van der Waals surface area contributed by atoms with Gasteiger partial charge in [0.2, 0.25) is 0 Å². The minimum atomic E-state index is -0.425. The first-order valence-electron chi connectivity index (χ1n) is 5.16. The SMILES string of the molecule is CCOC(=O)c1cnc2c(c1Cl)=C[N+]=2CC. The lowest BCUT2D eigenvalue weighted by molar-refractivity contribution is 0.0526. The third-order valence-corrected chi connectivity index (χ3v) is 2.83. The van der Waals surface area contributed by atoms with Gasteiger partial charge in [0.05, 0.1) is 18.2 Å². The molecule has 4 nitrogen and oxygen atoms in total. The molecule has 1 aliphatic rings. The molecule has 0 atom stereocenters. The number of aromatic nitrogens is 1. The maximum atomic E-state index is 11.5. The number of nitrogens with zero attached hydrogens (tertiary/aromatic N) is 2. The van der Waals surface area contributed by atoms with Crippen LogP contribution >= 0.6 is 11.6 Å². The Hall–Kier alpha value is -1.42. The standard InChI is InChI=1S/C11H12ClN2O2/c1-3-14-6-8-9(12)7(5-13-10(8)14)11(15)16-4-2/h5-6H,3-4H2,1-2H3/q+1. The Morgan fingerprint density at radius 2 is 2.31 bits per heavy atom. The maximum Gasteiger partial charge on any atom is 0.343 e. The molecule has 84 valence electrons. The van der Waals surface area contributed by atoms with E-state index in [1.54, 1.807) is 6.92 Å². The number of hydrogen-bond acceptors (Lipinski definition) is 3. The molecule has 0 N–H and O–H groups in total. The molecule has 0 spiro atoms. The van der Waals surface area contributed by atoms with Crippen molar-refractivity contribution in [2.45, 2.75) is 13.8 Å². The number of carbonyl (C=O) groups is 1. The molecule has 0 aromatic carbocycles. The molecule has 0 amide bonds. The van der Waals surface area contributed by atoms with Gasteiger partial charge >= 0.3 is 11.5 Å². The highest BCUT2D eigenvalue weighted by Crippen LogP contribution is 2.10. The van der Waals surface area contributed by atoms with Crippen molar-refractivity contribution in [2.24, 2.45) is 0 Å². The molecule has 0 saturated carbocycles. The van der Waals surface area contributed by atoms with Crippen molar-refractivity contribution < 1.29 is 9.53 Å². The molecule has 0 aliphatic carbocycles. The molecule has 1 aliphatic heterocycles. The molecule has 5 heteroatoms. The Labute approximate surface area is 97.8 Å². The van der Waals surface area contributed by atoms with Gasteiger partial charge in [-0.05, 0) is 18.8 Å². The zero-order valence-corrected chi connectivity index (χ0v) is 9.91. The average Bonchev–Trinajstić information content (AvgIpc) is 2.22. The van der Waals surface area contributed by atoms with Crippen molar-refractivity contribution in [2.75, 3.05) is 13.2 Å². The lowest BCUT2D eigenvalue weighted by Crippen LogP contribution is -2.50. The predicted octanol–water partition coefficient (Wildman–Crippen LogP) is 0.174. The van der Waals surface area contributed by atoms with E-state index in [1.165, 1.54) is 6.20 Å². The van der Waals surface area contributed by atoms with Crippen molar-refractivity contribution in [3.05, 3.63) is 27.5 Å². The van der Waals surface area contributed by atoms with E-state index >= 15 is 0 Å². The second kappa shape index (κ2) is 4.22. The van der Waals surface area contributed by atoms with Crippen LogP contribution in [0.15, 0.2) is 6.20 Å². The van der Waals surface area contributed by atoms with Gasteiger partial charge in [0, 0.05) is 0 Å². The molecule has 0 radical (unpaired) electrons. The maximum absolute atomic E-state index is 11.5. The molecule has 0 fully saturated rings. The van der Waals surface area contributed by atoms with Crippen LogP contribution in [0.25, 0.3) is 6.20 Å². The smallest absolute Gasteiger partial charge is 0.343 e. The highest BCUT2D eigenvalue weighted by atomic mass is 35.5. The van der Waals surface area contributed by atoms with Crippen LogP contribution in [0.2, 0.25) is 5.02 Å². The summed E-state index contributed by atoms with van der Waals surface area (Å²) in [7, 11) is 0. The monoisotopic (exact) mass is 239 g/mol. The van der Waals surface area contributed by atoms with E-state index in [0.717, 1.165) is 17.3 Å². The van der Waals surface area contributed by atoms with Gasteiger partial charge in [0.1, 0.15) is 17.0 Å². The summed E-state index contributed by atoms with van der Waals surface area (Å²) in [6, 6.07) is 0. The van der Waals surface area contributed by atoms with Gasteiger partial charge in [-0.3, -0.25) is 0 Å². The lowest BCUT2D eigenvalue weighted by Gasteiger charge is -2.06. The van der Waals surface area contributed by atoms with Gasteiger partial charge in [0.25, 0.3) is 0 Å². The topological polar surface area (TPSA) is 42.2 Å². The number of carbonyl (C=O) groups excluding carboxylic acids is 1. The van der Waals surface area contributed by atoms with E-state index in [4.69, 9.17) is 16.3 Å². The molecule has 1 aromatic rings. The van der Waals surface area contributed by atoms with Crippen LogP contribution in [0.5, 0.6) is 0 Å². The fraction of sp³-hybridized carbons (Fsp3) is 0.364. The van der Waals surface area contributed by atoms with Crippen LogP contribution in [-0.2, 0) is 4.74 Å². The number of rotatable bonds is 3. The molecule has 16 heavy (non-hydrogen) atoms. The molecule has 2 heterocycles. The summed E-state index contributed by atoms with van der Waals surface area (Å²) in [6.45, 7) is 4.95. The number of fused-ring (bicyclic) bond motifs is 1. The van der Waals surface area contributed by atoms with Gasteiger partial charge in [-0.15, -0.1) is 0 Å². The third-order valence-electron chi connectivity index (χ3n) is 2.42. The van der Waals surface area contributed by atoms with Gasteiger partial charge < -0.3 is 4.74 Å². The van der Waals surface area contributed by atoms with Crippen LogP contribution in [0.1, 0.15) is 24.2 Å². The minimum Gasteiger partial charge on any atom is -0.462 e. The molecule has 0 unspecified atom stereocenters. The third kappa shape index (κ3) is 1.59. The zero-order chi connectivity index (χ0) is 11.7. The molecular weight excluding hydrogens is 228 g/mol. The lowest BCUT2D eigenvalue weighted by atomic mass is 10.2. The largest absolute Gasteiger partial charge is 0.462 e. The molecule has 1 aromatic heterocycles. The molecule has 0 bridgehead atoms. The zero-order valence-electron chi connectivity index (χ0n) is 9.16. The van der Waals surface area contributed by atoms with Crippen molar-refractivity contribution in [1.29, 1.82) is 0 Å². The van der Waals surface area contributed by atoms with E-state index in [0.29, 0.717) is 17.2 Å². The van der Waals surface area contributed by atoms with Gasteiger partial charge in [-0.2, -0.15) is 0 Å². The Bertz CT molecular complexity index is 566. The van der Waals surface area contributed by atoms with Gasteiger partial charge in [0.15, 0.2) is 6.20 Å². The Morgan fingerprint density at radius 3 is 2.94 bits per heavy atom. The minimum absolute atomic E-state index is 0.328. The average molecular weight is 240 g/mol. The first kappa shape index (κ1) is 11.1. The quantitative estimate of drug-likeness (QED) is 0.558. The highest BCUT2D eigenvalue weighted by Gasteiger charge is 2.23. The summed E-state index contributed by atoms with van der Waals surface area (Å²) in [5, 5.41) is 1.24. The van der Waals surface area contributed by atoms with Crippen molar-refractivity contribution in [1.82, 2.24) is 9.56 Å². The molecule has 2 rings (SSSR count). The summed E-state index contributed by atoms with van der Waals surface area (Å²) in [4.78, 5) is 15.7. The number of halogens is 1. The first-order valence-corrected chi connectivity index (χ1v) is 5.54. The predicted molar refractivity (Wildman–Crippen MR) is 60.7 cm³/mol. The van der Waals surface area contributed by atoms with Gasteiger partial charge in [-0.25, -0.2) is 9.37 Å². The Kier molecular flexibility index (Phi) is 2.92. The van der Waals surface area contributed by atoms with E-state index in [2.05, 4.69) is 4.98 Å². The number of esters is 1. The van der Waals surface area contributed by atoms with E-state index in [9.17, 15) is 4.79 Å². The van der Waals surface area contributed by atoms with E-state index in [-0.39, 0.29) is 0 Å². The summed E-state index contributed by atoms with van der Waals surface area (Å²) in [5.41, 5.74) is 1.15. The van der Waals surface area contributed by atoms with Crippen molar-refractivity contribution >= 4 is 23.8 Å². The second-order valence-electron chi connectivity index (χ2n) is 3.36. The highest BCUT2D eigenvalue weighted by molar-refractivity contribution is 6.33. The number of hydrogen-bond donors (Lipinski definition) is 0. The van der Waals surface area contributed by atoms with Crippen LogP contribution < -0.4 is 15.3 Å². The van der Waals surface area contributed by atoms with Crippen molar-refractivity contribution in [3.8, 4) is 0 Å². The number of pyridine rings is 1. The Morgan fingerprint density at radius 1 is 1.56 bits per heavy atom. The van der Waals surface area contributed by atoms with E-state index < -0.39 is 5.97 Å². The van der Waals surface area contributed by atoms with Crippen molar-refractivity contribution in [3.63, 3.8) is 0 Å². The summed E-state index contributed by atoms with van der Waals surface area (Å²) in [6.07, 6.45) is 3.35. The second-order valence-corrected chi connectivity index (χ2v) is 3.74. The van der Waals surface area contributed by atoms with Gasteiger partial charge in [-0.1, -0.05) is 11.6 Å². The van der Waals surface area contributed by atoms with Crippen LogP contribution in [0, 0.1) is 0 Å². The molecular formula is C11H12ClN2O2+. The molecule has 0 saturated heterocycles. The summed E-state index contributed by atoms with van der Waals surface area (Å²) in [5.74, 6) is -0.425. The summed E-state index contributed by atoms with van der Waals surface area (Å²) < 4.78 is 6.86. The van der Waals surface area contributed by atoms with Crippen LogP contribution in [0.4, 0.5) is 0 Å². The summed E-state index contributed by atoms with van der Waals surface area (Å²) >= 11 is 6.10.